The number of benzene rings is 1. The summed E-state index contributed by atoms with van der Waals surface area (Å²) in [6.45, 7) is 0.772. The SMILES string of the molecule is Cn1ccc(CNc2ccc(Cl)c3cccnc23)c1. The van der Waals surface area contributed by atoms with Gasteiger partial charge in [0.15, 0.2) is 0 Å². The molecule has 2 aromatic heterocycles. The fourth-order valence-corrected chi connectivity index (χ4v) is 2.36. The van der Waals surface area contributed by atoms with Crippen LogP contribution < -0.4 is 5.32 Å². The minimum atomic E-state index is 0.730. The van der Waals surface area contributed by atoms with E-state index in [9.17, 15) is 0 Å². The summed E-state index contributed by atoms with van der Waals surface area (Å²) in [6.07, 6.45) is 5.92. The summed E-state index contributed by atoms with van der Waals surface area (Å²) in [5.74, 6) is 0. The highest BCUT2D eigenvalue weighted by molar-refractivity contribution is 6.35. The molecule has 4 heteroatoms. The molecule has 0 aliphatic rings. The van der Waals surface area contributed by atoms with E-state index in [1.165, 1.54) is 5.56 Å². The number of anilines is 1. The zero-order valence-corrected chi connectivity index (χ0v) is 11.4. The fraction of sp³-hybridized carbons (Fsp3) is 0.133. The third-order valence-corrected chi connectivity index (χ3v) is 3.42. The van der Waals surface area contributed by atoms with E-state index >= 15 is 0 Å². The maximum absolute atomic E-state index is 6.18. The zero-order valence-electron chi connectivity index (χ0n) is 10.6. The molecule has 0 aliphatic carbocycles. The van der Waals surface area contributed by atoms with Gasteiger partial charge in [-0.25, -0.2) is 0 Å². The molecule has 19 heavy (non-hydrogen) atoms. The lowest BCUT2D eigenvalue weighted by Crippen LogP contribution is -2.00. The minimum absolute atomic E-state index is 0.730. The maximum Gasteiger partial charge on any atom is 0.0948 e. The average molecular weight is 272 g/mol. The molecule has 1 N–H and O–H groups in total. The second kappa shape index (κ2) is 4.94. The van der Waals surface area contributed by atoms with Crippen LogP contribution >= 0.6 is 11.6 Å². The minimum Gasteiger partial charge on any atom is -0.379 e. The van der Waals surface area contributed by atoms with Crippen LogP contribution in [-0.4, -0.2) is 9.55 Å². The Kier molecular flexibility index (Phi) is 3.13. The van der Waals surface area contributed by atoms with Crippen LogP contribution in [0.15, 0.2) is 48.9 Å². The predicted molar refractivity (Wildman–Crippen MR) is 79.5 cm³/mol. The van der Waals surface area contributed by atoms with E-state index in [-0.39, 0.29) is 0 Å². The number of fused-ring (bicyclic) bond motifs is 1. The normalized spacial score (nSPS) is 10.8. The van der Waals surface area contributed by atoms with Crippen LogP contribution in [0.2, 0.25) is 5.02 Å². The highest BCUT2D eigenvalue weighted by Gasteiger charge is 2.05. The van der Waals surface area contributed by atoms with Crippen molar-refractivity contribution in [3.05, 3.63) is 59.5 Å². The summed E-state index contributed by atoms with van der Waals surface area (Å²) in [6, 6.07) is 9.85. The van der Waals surface area contributed by atoms with Crippen molar-refractivity contribution in [3.63, 3.8) is 0 Å². The van der Waals surface area contributed by atoms with Crippen LogP contribution in [0, 0.1) is 0 Å². The summed E-state index contributed by atoms with van der Waals surface area (Å²) in [5, 5.41) is 5.11. The van der Waals surface area contributed by atoms with Gasteiger partial charge in [0.1, 0.15) is 0 Å². The van der Waals surface area contributed by atoms with E-state index in [0.717, 1.165) is 28.2 Å². The van der Waals surface area contributed by atoms with Crippen molar-refractivity contribution in [2.75, 3.05) is 5.32 Å². The Morgan fingerprint density at radius 2 is 2.16 bits per heavy atom. The molecule has 0 atom stereocenters. The van der Waals surface area contributed by atoms with Gasteiger partial charge in [0.2, 0.25) is 0 Å². The lowest BCUT2D eigenvalue weighted by molar-refractivity contribution is 0.920. The molecule has 0 aliphatic heterocycles. The number of halogens is 1. The van der Waals surface area contributed by atoms with Gasteiger partial charge in [0.25, 0.3) is 0 Å². The highest BCUT2D eigenvalue weighted by atomic mass is 35.5. The van der Waals surface area contributed by atoms with Crippen LogP contribution in [0.5, 0.6) is 0 Å². The Balaban J connectivity index is 1.91. The van der Waals surface area contributed by atoms with Gasteiger partial charge in [-0.1, -0.05) is 11.6 Å². The molecule has 0 saturated heterocycles. The molecule has 0 fully saturated rings. The van der Waals surface area contributed by atoms with Gasteiger partial charge in [-0.05, 0) is 35.9 Å². The molecular weight excluding hydrogens is 258 g/mol. The zero-order chi connectivity index (χ0) is 13.2. The topological polar surface area (TPSA) is 29.9 Å². The molecule has 0 radical (unpaired) electrons. The van der Waals surface area contributed by atoms with Crippen molar-refractivity contribution in [1.29, 1.82) is 0 Å². The van der Waals surface area contributed by atoms with E-state index in [1.54, 1.807) is 6.20 Å². The second-order valence-corrected chi connectivity index (χ2v) is 4.94. The largest absolute Gasteiger partial charge is 0.379 e. The molecule has 3 aromatic rings. The van der Waals surface area contributed by atoms with Gasteiger partial charge in [-0.3, -0.25) is 4.98 Å². The van der Waals surface area contributed by atoms with Crippen LogP contribution in [0.3, 0.4) is 0 Å². The second-order valence-electron chi connectivity index (χ2n) is 4.53. The lowest BCUT2D eigenvalue weighted by Gasteiger charge is -2.09. The Morgan fingerprint density at radius 3 is 2.95 bits per heavy atom. The van der Waals surface area contributed by atoms with Crippen molar-refractivity contribution in [3.8, 4) is 0 Å². The van der Waals surface area contributed by atoms with E-state index in [1.807, 2.05) is 42.1 Å². The first kappa shape index (κ1) is 12.1. The molecule has 0 spiro atoms. The molecule has 96 valence electrons. The monoisotopic (exact) mass is 271 g/mol. The van der Waals surface area contributed by atoms with Gasteiger partial charge in [0.05, 0.1) is 16.2 Å². The molecule has 2 heterocycles. The van der Waals surface area contributed by atoms with Gasteiger partial charge in [0, 0.05) is 37.6 Å². The standard InChI is InChI=1S/C15H14ClN3/c1-19-8-6-11(10-19)9-18-14-5-4-13(16)12-3-2-7-17-15(12)14/h2-8,10,18H,9H2,1H3. The van der Waals surface area contributed by atoms with Gasteiger partial charge in [-0.15, -0.1) is 0 Å². The van der Waals surface area contributed by atoms with E-state index in [2.05, 4.69) is 22.6 Å². The number of nitrogens with zero attached hydrogens (tertiary/aromatic N) is 2. The molecule has 0 saturated carbocycles. The summed E-state index contributed by atoms with van der Waals surface area (Å²) in [7, 11) is 2.02. The first-order valence-electron chi connectivity index (χ1n) is 6.12. The number of hydrogen-bond donors (Lipinski definition) is 1. The summed E-state index contributed by atoms with van der Waals surface area (Å²) in [5.41, 5.74) is 3.15. The number of hydrogen-bond acceptors (Lipinski definition) is 2. The quantitative estimate of drug-likeness (QED) is 0.784. The van der Waals surface area contributed by atoms with Gasteiger partial charge < -0.3 is 9.88 Å². The third-order valence-electron chi connectivity index (χ3n) is 3.09. The molecular formula is C15H14ClN3. The van der Waals surface area contributed by atoms with Crippen molar-refractivity contribution in [2.24, 2.45) is 7.05 Å². The Labute approximate surface area is 116 Å². The Morgan fingerprint density at radius 1 is 1.26 bits per heavy atom. The number of rotatable bonds is 3. The number of nitrogens with one attached hydrogen (secondary N) is 1. The van der Waals surface area contributed by atoms with E-state index in [4.69, 9.17) is 11.6 Å². The Bertz CT molecular complexity index is 718. The summed E-state index contributed by atoms with van der Waals surface area (Å²) < 4.78 is 2.04. The smallest absolute Gasteiger partial charge is 0.0948 e. The van der Waals surface area contributed by atoms with Crippen LogP contribution in [0.25, 0.3) is 10.9 Å². The van der Waals surface area contributed by atoms with Crippen LogP contribution in [0.4, 0.5) is 5.69 Å². The molecule has 3 nitrogen and oxygen atoms in total. The first-order chi connectivity index (χ1) is 9.24. The maximum atomic E-state index is 6.18. The van der Waals surface area contributed by atoms with Gasteiger partial charge >= 0.3 is 0 Å². The third kappa shape index (κ3) is 2.42. The van der Waals surface area contributed by atoms with Crippen molar-refractivity contribution in [1.82, 2.24) is 9.55 Å². The average Bonchev–Trinajstić information content (AvgIpc) is 2.84. The number of aryl methyl sites for hydroxylation is 1. The van der Waals surface area contributed by atoms with Gasteiger partial charge in [-0.2, -0.15) is 0 Å². The van der Waals surface area contributed by atoms with Crippen LogP contribution in [0.1, 0.15) is 5.56 Å². The van der Waals surface area contributed by atoms with E-state index < -0.39 is 0 Å². The van der Waals surface area contributed by atoms with Crippen molar-refractivity contribution in [2.45, 2.75) is 6.54 Å². The highest BCUT2D eigenvalue weighted by Crippen LogP contribution is 2.28. The molecule has 0 amide bonds. The lowest BCUT2D eigenvalue weighted by atomic mass is 10.2. The van der Waals surface area contributed by atoms with Crippen LogP contribution in [-0.2, 0) is 13.6 Å². The molecule has 3 rings (SSSR count). The van der Waals surface area contributed by atoms with Crippen molar-refractivity contribution >= 4 is 28.2 Å². The molecule has 1 aromatic carbocycles. The number of pyridine rings is 1. The molecule has 0 bridgehead atoms. The van der Waals surface area contributed by atoms with E-state index in [0.29, 0.717) is 0 Å². The fourth-order valence-electron chi connectivity index (χ4n) is 2.14. The first-order valence-corrected chi connectivity index (χ1v) is 6.50. The summed E-state index contributed by atoms with van der Waals surface area (Å²) in [4.78, 5) is 4.41. The summed E-state index contributed by atoms with van der Waals surface area (Å²) >= 11 is 6.18. The van der Waals surface area contributed by atoms with Crippen molar-refractivity contribution < 1.29 is 0 Å². The molecule has 0 unspecified atom stereocenters. The number of aromatic nitrogens is 2. The Hall–Kier alpha value is -2.00. The predicted octanol–water partition coefficient (Wildman–Crippen LogP) is 3.84.